The van der Waals surface area contributed by atoms with Crippen LogP contribution in [0.4, 0.5) is 0 Å². The summed E-state index contributed by atoms with van der Waals surface area (Å²) in [7, 11) is 1.54. The lowest BCUT2D eigenvalue weighted by Crippen LogP contribution is -2.37. The molecule has 0 bridgehead atoms. The Bertz CT molecular complexity index is 459. The Morgan fingerprint density at radius 3 is 2.68 bits per heavy atom. The number of ether oxygens (including phenoxy) is 1. The van der Waals surface area contributed by atoms with Crippen LogP contribution in [0.5, 0.6) is 5.75 Å². The van der Waals surface area contributed by atoms with Gasteiger partial charge < -0.3 is 10.1 Å². The van der Waals surface area contributed by atoms with E-state index < -0.39 is 0 Å². The third-order valence-corrected chi connectivity index (χ3v) is 4.55. The van der Waals surface area contributed by atoms with Gasteiger partial charge in [-0.05, 0) is 43.9 Å². The molecule has 1 aliphatic carbocycles. The third kappa shape index (κ3) is 3.86. The van der Waals surface area contributed by atoms with Gasteiger partial charge in [0.1, 0.15) is 5.75 Å². The minimum absolute atomic E-state index is 0.0912. The van der Waals surface area contributed by atoms with Crippen LogP contribution in [0.3, 0.4) is 0 Å². The number of hydrogen-bond donors (Lipinski definition) is 1. The quantitative estimate of drug-likeness (QED) is 0.846. The molecule has 1 aromatic rings. The zero-order valence-corrected chi connectivity index (χ0v) is 13.1. The second kappa shape index (κ2) is 6.62. The van der Waals surface area contributed by atoms with Gasteiger partial charge in [-0.15, -0.1) is 0 Å². The largest absolute Gasteiger partial charge is 0.496 e. The van der Waals surface area contributed by atoms with Crippen LogP contribution in [0.15, 0.2) is 18.2 Å². The Hall–Kier alpha value is -0.740. The Kier molecular flexibility index (Phi) is 5.11. The summed E-state index contributed by atoms with van der Waals surface area (Å²) >= 11 is 9.50. The van der Waals surface area contributed by atoms with Crippen molar-refractivity contribution >= 4 is 33.4 Å². The molecule has 0 saturated heterocycles. The number of rotatable bonds is 3. The molecule has 104 valence electrons. The molecule has 3 nitrogen and oxygen atoms in total. The number of methoxy groups -OCH3 is 1. The minimum atomic E-state index is -0.0912. The number of carbonyl (C=O) groups excluding carboxylic acids is 1. The van der Waals surface area contributed by atoms with E-state index in [-0.39, 0.29) is 11.9 Å². The van der Waals surface area contributed by atoms with Gasteiger partial charge in [-0.25, -0.2) is 0 Å². The first-order chi connectivity index (χ1) is 9.10. The van der Waals surface area contributed by atoms with Gasteiger partial charge in [-0.2, -0.15) is 0 Å². The summed E-state index contributed by atoms with van der Waals surface area (Å²) in [6.45, 7) is 0. The molecule has 0 spiro atoms. The Balaban J connectivity index is 2.03. The number of amides is 1. The van der Waals surface area contributed by atoms with Crippen molar-refractivity contribution in [3.8, 4) is 5.75 Å². The molecule has 0 aromatic heterocycles. The summed E-state index contributed by atoms with van der Waals surface area (Å²) < 4.78 is 5.20. The molecule has 1 amide bonds. The molecular formula is C14H17BrClNO2. The van der Waals surface area contributed by atoms with Crippen molar-refractivity contribution in [2.75, 3.05) is 7.11 Å². The molecule has 0 unspecified atom stereocenters. The van der Waals surface area contributed by atoms with Crippen LogP contribution in [0.2, 0.25) is 5.02 Å². The molecule has 1 aliphatic rings. The molecule has 1 saturated carbocycles. The summed E-state index contributed by atoms with van der Waals surface area (Å²) in [6, 6.07) is 5.31. The standard InChI is InChI=1S/C14H17BrClNO2/c1-19-13-8-10(16)4-7-12(13)14(18)17-11-5-2-9(15)3-6-11/h4,7-9,11H,2-3,5-6H2,1H3,(H,17,18). The Morgan fingerprint density at radius 1 is 1.37 bits per heavy atom. The number of halogens is 2. The molecule has 2 rings (SSSR count). The average molecular weight is 347 g/mol. The molecule has 0 heterocycles. The predicted molar refractivity (Wildman–Crippen MR) is 80.4 cm³/mol. The second-order valence-corrected chi connectivity index (χ2v) is 6.50. The summed E-state index contributed by atoms with van der Waals surface area (Å²) in [4.78, 5) is 12.8. The van der Waals surface area contributed by atoms with Crippen molar-refractivity contribution < 1.29 is 9.53 Å². The van der Waals surface area contributed by atoms with Crippen molar-refractivity contribution in [1.29, 1.82) is 0 Å². The summed E-state index contributed by atoms with van der Waals surface area (Å²) in [5.74, 6) is 0.422. The fourth-order valence-electron chi connectivity index (χ4n) is 2.31. The summed E-state index contributed by atoms with van der Waals surface area (Å²) in [6.07, 6.45) is 4.22. The van der Waals surface area contributed by atoms with E-state index in [0.29, 0.717) is 21.2 Å². The first-order valence-corrected chi connectivity index (χ1v) is 7.68. The predicted octanol–water partition coefficient (Wildman–Crippen LogP) is 3.78. The van der Waals surface area contributed by atoms with Gasteiger partial charge in [0, 0.05) is 15.9 Å². The number of benzene rings is 1. The van der Waals surface area contributed by atoms with E-state index in [2.05, 4.69) is 21.2 Å². The van der Waals surface area contributed by atoms with Gasteiger partial charge in [0.25, 0.3) is 5.91 Å². The van der Waals surface area contributed by atoms with E-state index in [1.807, 2.05) is 0 Å². The van der Waals surface area contributed by atoms with Crippen LogP contribution in [0, 0.1) is 0 Å². The molecule has 5 heteroatoms. The molecule has 1 fully saturated rings. The van der Waals surface area contributed by atoms with Gasteiger partial charge in [0.15, 0.2) is 0 Å². The van der Waals surface area contributed by atoms with Crippen LogP contribution in [-0.4, -0.2) is 23.9 Å². The van der Waals surface area contributed by atoms with Crippen molar-refractivity contribution in [2.45, 2.75) is 36.6 Å². The van der Waals surface area contributed by atoms with E-state index in [1.54, 1.807) is 25.3 Å². The molecular weight excluding hydrogens is 330 g/mol. The van der Waals surface area contributed by atoms with Crippen LogP contribution in [0.25, 0.3) is 0 Å². The number of nitrogens with one attached hydrogen (secondary N) is 1. The summed E-state index contributed by atoms with van der Waals surface area (Å²) in [5, 5.41) is 3.63. The molecule has 19 heavy (non-hydrogen) atoms. The SMILES string of the molecule is COc1cc(Cl)ccc1C(=O)NC1CCC(Br)CC1. The lowest BCUT2D eigenvalue weighted by molar-refractivity contribution is 0.0925. The van der Waals surface area contributed by atoms with E-state index in [1.165, 1.54) is 0 Å². The van der Waals surface area contributed by atoms with Gasteiger partial charge in [-0.3, -0.25) is 4.79 Å². The highest BCUT2D eigenvalue weighted by molar-refractivity contribution is 9.09. The van der Waals surface area contributed by atoms with Crippen molar-refractivity contribution in [2.24, 2.45) is 0 Å². The third-order valence-electron chi connectivity index (χ3n) is 3.40. The zero-order chi connectivity index (χ0) is 13.8. The maximum atomic E-state index is 12.2. The lowest BCUT2D eigenvalue weighted by atomic mass is 9.95. The average Bonchev–Trinajstić information content (AvgIpc) is 2.41. The van der Waals surface area contributed by atoms with E-state index in [0.717, 1.165) is 25.7 Å². The van der Waals surface area contributed by atoms with Crippen molar-refractivity contribution in [3.05, 3.63) is 28.8 Å². The number of hydrogen-bond acceptors (Lipinski definition) is 2. The first-order valence-electron chi connectivity index (χ1n) is 6.38. The highest BCUT2D eigenvalue weighted by atomic mass is 79.9. The summed E-state index contributed by atoms with van der Waals surface area (Å²) in [5.41, 5.74) is 0.535. The van der Waals surface area contributed by atoms with E-state index in [4.69, 9.17) is 16.3 Å². The smallest absolute Gasteiger partial charge is 0.255 e. The van der Waals surface area contributed by atoms with Crippen LogP contribution >= 0.6 is 27.5 Å². The molecule has 1 aromatic carbocycles. The van der Waals surface area contributed by atoms with Crippen LogP contribution < -0.4 is 10.1 Å². The number of carbonyl (C=O) groups is 1. The molecule has 0 atom stereocenters. The first kappa shape index (κ1) is 14.7. The van der Waals surface area contributed by atoms with Gasteiger partial charge in [0.05, 0.1) is 12.7 Å². The highest BCUT2D eigenvalue weighted by Crippen LogP contribution is 2.26. The van der Waals surface area contributed by atoms with Gasteiger partial charge >= 0.3 is 0 Å². The maximum Gasteiger partial charge on any atom is 0.255 e. The second-order valence-electron chi connectivity index (χ2n) is 4.77. The fraction of sp³-hybridized carbons (Fsp3) is 0.500. The van der Waals surface area contributed by atoms with Crippen molar-refractivity contribution in [3.63, 3.8) is 0 Å². The fourth-order valence-corrected chi connectivity index (χ4v) is 3.00. The number of alkyl halides is 1. The van der Waals surface area contributed by atoms with Gasteiger partial charge in [0.2, 0.25) is 0 Å². The minimum Gasteiger partial charge on any atom is -0.496 e. The molecule has 0 aliphatic heterocycles. The highest BCUT2D eigenvalue weighted by Gasteiger charge is 2.22. The van der Waals surface area contributed by atoms with Crippen LogP contribution in [0.1, 0.15) is 36.0 Å². The molecule has 0 radical (unpaired) electrons. The van der Waals surface area contributed by atoms with Crippen molar-refractivity contribution in [1.82, 2.24) is 5.32 Å². The Labute approximate surface area is 126 Å². The zero-order valence-electron chi connectivity index (χ0n) is 10.8. The lowest BCUT2D eigenvalue weighted by Gasteiger charge is -2.26. The van der Waals surface area contributed by atoms with Gasteiger partial charge in [-0.1, -0.05) is 27.5 Å². The monoisotopic (exact) mass is 345 g/mol. The normalized spacial score (nSPS) is 22.9. The molecule has 1 N–H and O–H groups in total. The van der Waals surface area contributed by atoms with Crippen LogP contribution in [-0.2, 0) is 0 Å². The van der Waals surface area contributed by atoms with E-state index >= 15 is 0 Å². The maximum absolute atomic E-state index is 12.2. The topological polar surface area (TPSA) is 38.3 Å². The Morgan fingerprint density at radius 2 is 2.05 bits per heavy atom. The van der Waals surface area contributed by atoms with E-state index in [9.17, 15) is 4.79 Å².